The largest absolute Gasteiger partial charge is 0.359 e. The molecule has 4 nitrogen and oxygen atoms in total. The highest BCUT2D eigenvalue weighted by atomic mass is 32.1. The molecule has 0 radical (unpaired) electrons. The quantitative estimate of drug-likeness (QED) is 0.844. The first-order chi connectivity index (χ1) is 7.43. The van der Waals surface area contributed by atoms with E-state index in [1.54, 1.807) is 16.8 Å². The summed E-state index contributed by atoms with van der Waals surface area (Å²) < 4.78 is 5.32. The SMILES string of the molecule is c1nc(-c2cc(C3CCCN3)on2)cs1. The smallest absolute Gasteiger partial charge is 0.154 e. The normalized spacial score (nSPS) is 20.9. The van der Waals surface area contributed by atoms with Crippen LogP contribution in [0.25, 0.3) is 11.4 Å². The topological polar surface area (TPSA) is 51.0 Å². The van der Waals surface area contributed by atoms with Crippen LogP contribution in [0, 0.1) is 0 Å². The van der Waals surface area contributed by atoms with Crippen LogP contribution in [0.1, 0.15) is 24.6 Å². The minimum Gasteiger partial charge on any atom is -0.359 e. The fraction of sp³-hybridized carbons (Fsp3) is 0.400. The highest BCUT2D eigenvalue weighted by Gasteiger charge is 2.21. The van der Waals surface area contributed by atoms with E-state index in [4.69, 9.17) is 4.52 Å². The molecule has 3 heterocycles. The van der Waals surface area contributed by atoms with E-state index in [2.05, 4.69) is 15.5 Å². The van der Waals surface area contributed by atoms with E-state index in [0.717, 1.165) is 30.1 Å². The van der Waals surface area contributed by atoms with E-state index in [1.165, 1.54) is 6.42 Å². The standard InChI is InChI=1S/C10H11N3OS/c1-2-7(11-3-1)10-4-8(13-14-10)9-5-15-6-12-9/h4-7,11H,1-3H2. The summed E-state index contributed by atoms with van der Waals surface area (Å²) in [5.74, 6) is 0.926. The fourth-order valence-electron chi connectivity index (χ4n) is 1.84. The second kappa shape index (κ2) is 3.75. The summed E-state index contributed by atoms with van der Waals surface area (Å²) in [6.07, 6.45) is 2.34. The lowest BCUT2D eigenvalue weighted by Gasteiger charge is -2.02. The molecular weight excluding hydrogens is 210 g/mol. The van der Waals surface area contributed by atoms with Gasteiger partial charge < -0.3 is 9.84 Å². The Morgan fingerprint density at radius 3 is 3.20 bits per heavy atom. The summed E-state index contributed by atoms with van der Waals surface area (Å²) in [5, 5.41) is 9.39. The Morgan fingerprint density at radius 1 is 1.47 bits per heavy atom. The van der Waals surface area contributed by atoms with Gasteiger partial charge in [0.05, 0.1) is 11.6 Å². The molecule has 1 saturated heterocycles. The van der Waals surface area contributed by atoms with Gasteiger partial charge in [0.25, 0.3) is 0 Å². The van der Waals surface area contributed by atoms with Crippen LogP contribution in [0.5, 0.6) is 0 Å². The Labute approximate surface area is 91.3 Å². The minimum atomic E-state index is 0.338. The molecule has 0 aliphatic carbocycles. The van der Waals surface area contributed by atoms with Crippen molar-refractivity contribution in [2.45, 2.75) is 18.9 Å². The molecule has 1 N–H and O–H groups in total. The molecule has 2 aromatic heterocycles. The minimum absolute atomic E-state index is 0.338. The lowest BCUT2D eigenvalue weighted by Crippen LogP contribution is -2.11. The molecule has 78 valence electrons. The molecule has 0 aromatic carbocycles. The van der Waals surface area contributed by atoms with Gasteiger partial charge >= 0.3 is 0 Å². The van der Waals surface area contributed by atoms with Crippen molar-refractivity contribution in [3.8, 4) is 11.4 Å². The molecule has 1 atom stereocenters. The molecule has 5 heteroatoms. The van der Waals surface area contributed by atoms with Crippen LogP contribution in [-0.2, 0) is 0 Å². The van der Waals surface area contributed by atoms with E-state index in [9.17, 15) is 0 Å². The van der Waals surface area contributed by atoms with Crippen molar-refractivity contribution in [3.63, 3.8) is 0 Å². The van der Waals surface area contributed by atoms with E-state index in [-0.39, 0.29) is 0 Å². The van der Waals surface area contributed by atoms with Gasteiger partial charge in [0.1, 0.15) is 11.4 Å². The predicted octanol–water partition coefficient (Wildman–Crippen LogP) is 2.22. The third-order valence-corrected chi connectivity index (χ3v) is 3.21. The van der Waals surface area contributed by atoms with Gasteiger partial charge in [0.15, 0.2) is 5.76 Å². The van der Waals surface area contributed by atoms with Gasteiger partial charge in [-0.2, -0.15) is 0 Å². The number of aromatic nitrogens is 2. The summed E-state index contributed by atoms with van der Waals surface area (Å²) >= 11 is 1.57. The van der Waals surface area contributed by atoms with Crippen molar-refractivity contribution in [3.05, 3.63) is 22.7 Å². The van der Waals surface area contributed by atoms with Crippen LogP contribution in [-0.4, -0.2) is 16.7 Å². The van der Waals surface area contributed by atoms with E-state index >= 15 is 0 Å². The number of nitrogens with zero attached hydrogens (tertiary/aromatic N) is 2. The Morgan fingerprint density at radius 2 is 2.47 bits per heavy atom. The Kier molecular flexibility index (Phi) is 2.26. The maximum atomic E-state index is 5.32. The van der Waals surface area contributed by atoms with Crippen LogP contribution in [0.4, 0.5) is 0 Å². The van der Waals surface area contributed by atoms with Crippen molar-refractivity contribution in [1.82, 2.24) is 15.5 Å². The highest BCUT2D eigenvalue weighted by molar-refractivity contribution is 7.07. The van der Waals surface area contributed by atoms with Gasteiger partial charge in [-0.05, 0) is 19.4 Å². The van der Waals surface area contributed by atoms with Gasteiger partial charge in [-0.25, -0.2) is 4.98 Å². The van der Waals surface area contributed by atoms with E-state index in [1.807, 2.05) is 11.4 Å². The van der Waals surface area contributed by atoms with Crippen LogP contribution in [0.3, 0.4) is 0 Å². The van der Waals surface area contributed by atoms with Crippen LogP contribution < -0.4 is 5.32 Å². The summed E-state index contributed by atoms with van der Waals surface area (Å²) in [6.45, 7) is 1.07. The average molecular weight is 221 g/mol. The molecule has 0 saturated carbocycles. The van der Waals surface area contributed by atoms with Crippen molar-refractivity contribution in [2.24, 2.45) is 0 Å². The number of rotatable bonds is 2. The maximum Gasteiger partial charge on any atom is 0.154 e. The van der Waals surface area contributed by atoms with Crippen molar-refractivity contribution in [1.29, 1.82) is 0 Å². The zero-order valence-electron chi connectivity index (χ0n) is 8.14. The molecular formula is C10H11N3OS. The second-order valence-corrected chi connectivity index (χ2v) is 4.36. The van der Waals surface area contributed by atoms with E-state index < -0.39 is 0 Å². The molecule has 3 rings (SSSR count). The van der Waals surface area contributed by atoms with Crippen LogP contribution >= 0.6 is 11.3 Å². The third-order valence-electron chi connectivity index (χ3n) is 2.63. The molecule has 0 bridgehead atoms. The predicted molar refractivity (Wildman–Crippen MR) is 57.6 cm³/mol. The molecule has 1 aliphatic heterocycles. The fourth-order valence-corrected chi connectivity index (χ4v) is 2.39. The number of hydrogen-bond donors (Lipinski definition) is 1. The third kappa shape index (κ3) is 1.68. The highest BCUT2D eigenvalue weighted by Crippen LogP contribution is 2.26. The van der Waals surface area contributed by atoms with Crippen molar-refractivity contribution < 1.29 is 4.52 Å². The van der Waals surface area contributed by atoms with Crippen LogP contribution in [0.2, 0.25) is 0 Å². The van der Waals surface area contributed by atoms with E-state index in [0.29, 0.717) is 6.04 Å². The molecule has 1 fully saturated rings. The molecule has 1 unspecified atom stereocenters. The van der Waals surface area contributed by atoms with Crippen molar-refractivity contribution >= 4 is 11.3 Å². The lowest BCUT2D eigenvalue weighted by atomic mass is 10.1. The first-order valence-corrected chi connectivity index (χ1v) is 5.96. The van der Waals surface area contributed by atoms with Gasteiger partial charge in [-0.3, -0.25) is 0 Å². The zero-order valence-corrected chi connectivity index (χ0v) is 8.96. The zero-order chi connectivity index (χ0) is 10.1. The number of thiazole rings is 1. The summed E-state index contributed by atoms with van der Waals surface area (Å²) in [7, 11) is 0. The van der Waals surface area contributed by atoms with Gasteiger partial charge in [0.2, 0.25) is 0 Å². The molecule has 2 aromatic rings. The Balaban J connectivity index is 1.87. The number of nitrogens with one attached hydrogen (secondary N) is 1. The average Bonchev–Trinajstić information content (AvgIpc) is 3.02. The molecule has 1 aliphatic rings. The maximum absolute atomic E-state index is 5.32. The molecule has 15 heavy (non-hydrogen) atoms. The summed E-state index contributed by atoms with van der Waals surface area (Å²) in [4.78, 5) is 4.20. The first-order valence-electron chi connectivity index (χ1n) is 5.02. The molecule has 0 amide bonds. The van der Waals surface area contributed by atoms with Gasteiger partial charge in [0, 0.05) is 11.4 Å². The molecule has 0 spiro atoms. The van der Waals surface area contributed by atoms with Gasteiger partial charge in [-0.15, -0.1) is 11.3 Å². The second-order valence-electron chi connectivity index (χ2n) is 3.64. The first kappa shape index (κ1) is 9.06. The Hall–Kier alpha value is -1.20. The lowest BCUT2D eigenvalue weighted by molar-refractivity contribution is 0.353. The van der Waals surface area contributed by atoms with Crippen LogP contribution in [0.15, 0.2) is 21.5 Å². The summed E-state index contributed by atoms with van der Waals surface area (Å²) in [6, 6.07) is 2.32. The van der Waals surface area contributed by atoms with Crippen molar-refractivity contribution in [2.75, 3.05) is 6.54 Å². The monoisotopic (exact) mass is 221 g/mol. The summed E-state index contributed by atoms with van der Waals surface area (Å²) in [5.41, 5.74) is 3.53. The Bertz CT molecular complexity index is 431. The number of hydrogen-bond acceptors (Lipinski definition) is 5. The van der Waals surface area contributed by atoms with Gasteiger partial charge in [-0.1, -0.05) is 5.16 Å².